The highest BCUT2D eigenvalue weighted by Gasteiger charge is 2.78. The fourth-order valence-electron chi connectivity index (χ4n) is 10.4. The summed E-state index contributed by atoms with van der Waals surface area (Å²) in [6.07, 6.45) is -10.0. The number of hydrogen-bond acceptors (Lipinski definition) is 16. The summed E-state index contributed by atoms with van der Waals surface area (Å²) in [4.78, 5) is 84.3. The number of rotatable bonds is 11. The number of nitrogens with two attached hydrogens (primary N) is 1. The highest BCUT2D eigenvalue weighted by atomic mass is 16.6. The zero-order valence-electron chi connectivity index (χ0n) is 37.3. The van der Waals surface area contributed by atoms with Gasteiger partial charge in [0.05, 0.1) is 40.9 Å². The molecule has 16 heteroatoms. The van der Waals surface area contributed by atoms with E-state index in [1.165, 1.54) is 31.2 Å². The second-order valence-corrected chi connectivity index (χ2v) is 18.1. The molecule has 3 aromatic carbocycles. The Labute approximate surface area is 376 Å². The van der Waals surface area contributed by atoms with E-state index >= 15 is 4.79 Å². The first kappa shape index (κ1) is 46.8. The molecule has 2 bridgehead atoms. The quantitative estimate of drug-likeness (QED) is 0.0606. The standard InChI is InChI=1S/C49H54N2O14/c1-26-35(63-45(58)34(22-30-14-10-8-11-15-30)62-43(56)33-20-18-31(19-21-33)27(2)51-50)24-49(59)42(64-44(57)32-16-12-9-13-17-32)40-47(7,36(54)23-37-48(40,25-60-37)65-29(4)53)41(55)39(61-28(3)52)38(26)46(49,5)6/h8-21,34-37,39-40,42,54,59H,22-25,50H2,1-7H3/b51-27+/t34-,35+,36+,37-,39-,40?,42+,47-,48+,49-/m0/s1. The first-order valence-electron chi connectivity index (χ1n) is 21.4. The number of ether oxygens (including phenoxy) is 6. The minimum absolute atomic E-state index is 0.0263. The average Bonchev–Trinajstić information content (AvgIpc) is 3.27. The molecule has 0 spiro atoms. The van der Waals surface area contributed by atoms with Crippen molar-refractivity contribution in [3.8, 4) is 0 Å². The van der Waals surface area contributed by atoms with Gasteiger partial charge >= 0.3 is 29.8 Å². The lowest BCUT2D eigenvalue weighted by atomic mass is 9.44. The Balaban J connectivity index is 1.38. The van der Waals surface area contributed by atoms with Gasteiger partial charge in [0, 0.05) is 38.5 Å². The summed E-state index contributed by atoms with van der Waals surface area (Å²) in [5, 5.41) is 29.6. The van der Waals surface area contributed by atoms with Gasteiger partial charge in [-0.2, -0.15) is 5.10 Å². The summed E-state index contributed by atoms with van der Waals surface area (Å²) in [7, 11) is 0. The molecule has 3 fully saturated rings. The fraction of sp³-hybridized carbons (Fsp3) is 0.449. The molecule has 10 atom stereocenters. The summed E-state index contributed by atoms with van der Waals surface area (Å²) in [5.74, 6) is -1.40. The predicted octanol–water partition coefficient (Wildman–Crippen LogP) is 4.35. The Bertz CT molecular complexity index is 2430. The van der Waals surface area contributed by atoms with Crippen molar-refractivity contribution in [2.75, 3.05) is 6.61 Å². The number of aliphatic hydroxyl groups is 2. The largest absolute Gasteiger partial charge is 0.455 e. The van der Waals surface area contributed by atoms with E-state index in [0.29, 0.717) is 16.8 Å². The van der Waals surface area contributed by atoms with Gasteiger partial charge in [-0.1, -0.05) is 74.5 Å². The van der Waals surface area contributed by atoms with Crippen molar-refractivity contribution in [2.45, 2.75) is 116 Å². The van der Waals surface area contributed by atoms with Crippen LogP contribution in [0.1, 0.15) is 93.2 Å². The van der Waals surface area contributed by atoms with Crippen molar-refractivity contribution in [1.29, 1.82) is 0 Å². The Kier molecular flexibility index (Phi) is 12.7. The summed E-state index contributed by atoms with van der Waals surface area (Å²) < 4.78 is 36.5. The molecule has 4 aliphatic rings. The minimum atomic E-state index is -2.37. The van der Waals surface area contributed by atoms with Crippen LogP contribution in [0.2, 0.25) is 0 Å². The van der Waals surface area contributed by atoms with Crippen LogP contribution in [-0.2, 0) is 54.0 Å². The van der Waals surface area contributed by atoms with Crippen molar-refractivity contribution >= 4 is 41.3 Å². The maximum atomic E-state index is 15.6. The Morgan fingerprint density at radius 2 is 1.43 bits per heavy atom. The first-order chi connectivity index (χ1) is 30.7. The van der Waals surface area contributed by atoms with Crippen molar-refractivity contribution in [1.82, 2.24) is 0 Å². The van der Waals surface area contributed by atoms with Gasteiger partial charge in [-0.25, -0.2) is 14.4 Å². The zero-order chi connectivity index (χ0) is 47.2. The van der Waals surface area contributed by atoms with Crippen LogP contribution in [-0.4, -0.2) is 106 Å². The summed E-state index contributed by atoms with van der Waals surface area (Å²) in [6.45, 7) is 9.79. The molecular weight excluding hydrogens is 841 g/mol. The zero-order valence-corrected chi connectivity index (χ0v) is 37.3. The third-order valence-electron chi connectivity index (χ3n) is 13.9. The molecule has 1 unspecified atom stereocenters. The SMILES string of the molecule is CC(=O)O[C@@H]1C(=O)[C@]2(C)C([C@@H](OC(=O)c3ccccc3)[C@@]3(O)C[C@@H](OC(=O)[C@H](Cc4ccccc4)OC(=O)c4ccc(/C(C)=N/N)cc4)C(C)=C1C3(C)C)[C@@]1(OC(C)=O)CO[C@H]1C[C@H]2O. The number of esters is 5. The van der Waals surface area contributed by atoms with Crippen LogP contribution in [0.15, 0.2) is 101 Å². The number of nitrogens with zero attached hydrogens (tertiary/aromatic N) is 1. The normalized spacial score (nSPS) is 30.7. The van der Waals surface area contributed by atoms with E-state index in [9.17, 15) is 34.2 Å². The van der Waals surface area contributed by atoms with Crippen LogP contribution in [0, 0.1) is 16.7 Å². The van der Waals surface area contributed by atoms with Gasteiger partial charge in [0.25, 0.3) is 0 Å². The van der Waals surface area contributed by atoms with Gasteiger partial charge in [-0.05, 0) is 67.3 Å². The number of hydrazone groups is 1. The van der Waals surface area contributed by atoms with Crippen molar-refractivity contribution in [2.24, 2.45) is 27.7 Å². The van der Waals surface area contributed by atoms with Crippen molar-refractivity contribution in [3.63, 3.8) is 0 Å². The lowest BCUT2D eigenvalue weighted by Crippen LogP contribution is -2.82. The minimum Gasteiger partial charge on any atom is -0.455 e. The summed E-state index contributed by atoms with van der Waals surface area (Å²) in [5.41, 5.74) is -5.60. The maximum absolute atomic E-state index is 15.6. The molecule has 0 amide bonds. The van der Waals surface area contributed by atoms with E-state index in [2.05, 4.69) is 5.10 Å². The van der Waals surface area contributed by atoms with Crippen molar-refractivity contribution < 1.29 is 67.4 Å². The number of ketones is 1. The molecule has 344 valence electrons. The van der Waals surface area contributed by atoms with Crippen LogP contribution in [0.3, 0.4) is 0 Å². The molecule has 7 rings (SSSR count). The van der Waals surface area contributed by atoms with Gasteiger partial charge < -0.3 is 44.5 Å². The number of hydrogen-bond donors (Lipinski definition) is 3. The second-order valence-electron chi connectivity index (χ2n) is 18.1. The molecule has 2 saturated carbocycles. The fourth-order valence-corrected chi connectivity index (χ4v) is 10.4. The number of carbonyl (C=O) groups excluding carboxylic acids is 6. The highest BCUT2D eigenvalue weighted by Crippen LogP contribution is 2.64. The third-order valence-corrected chi connectivity index (χ3v) is 13.9. The molecule has 0 radical (unpaired) electrons. The first-order valence-corrected chi connectivity index (χ1v) is 21.4. The molecule has 1 saturated heterocycles. The topological polar surface area (TPSA) is 237 Å². The van der Waals surface area contributed by atoms with Gasteiger partial charge in [0.15, 0.2) is 17.5 Å². The molecule has 3 aliphatic carbocycles. The molecule has 1 heterocycles. The van der Waals surface area contributed by atoms with Crippen LogP contribution >= 0.6 is 0 Å². The second kappa shape index (κ2) is 17.6. The monoisotopic (exact) mass is 894 g/mol. The van der Waals surface area contributed by atoms with Gasteiger partial charge in [0.2, 0.25) is 6.10 Å². The average molecular weight is 895 g/mol. The maximum Gasteiger partial charge on any atom is 0.348 e. The van der Waals surface area contributed by atoms with E-state index in [-0.39, 0.29) is 41.7 Å². The lowest BCUT2D eigenvalue weighted by Gasteiger charge is -2.67. The smallest absolute Gasteiger partial charge is 0.348 e. The van der Waals surface area contributed by atoms with Crippen LogP contribution in [0.25, 0.3) is 0 Å². The van der Waals surface area contributed by atoms with E-state index < -0.39 is 107 Å². The molecule has 3 aromatic rings. The van der Waals surface area contributed by atoms with E-state index in [1.54, 1.807) is 88.4 Å². The molecular formula is C49H54N2O14. The molecule has 16 nitrogen and oxygen atoms in total. The Morgan fingerprint density at radius 3 is 2.00 bits per heavy atom. The Morgan fingerprint density at radius 1 is 0.831 bits per heavy atom. The van der Waals surface area contributed by atoms with E-state index in [4.69, 9.17) is 34.3 Å². The Hall–Kier alpha value is -6.23. The van der Waals surface area contributed by atoms with Crippen LogP contribution < -0.4 is 5.84 Å². The third kappa shape index (κ3) is 8.12. The number of fused-ring (bicyclic) bond motifs is 5. The lowest BCUT2D eigenvalue weighted by molar-refractivity contribution is -0.346. The number of benzene rings is 3. The summed E-state index contributed by atoms with van der Waals surface area (Å²) in [6, 6.07) is 22.9. The number of carbonyl (C=O) groups is 6. The molecule has 65 heavy (non-hydrogen) atoms. The predicted molar refractivity (Wildman–Crippen MR) is 231 cm³/mol. The summed E-state index contributed by atoms with van der Waals surface area (Å²) >= 11 is 0. The molecule has 1 aliphatic heterocycles. The van der Waals surface area contributed by atoms with E-state index in [0.717, 1.165) is 13.8 Å². The van der Waals surface area contributed by atoms with Crippen LogP contribution in [0.4, 0.5) is 0 Å². The van der Waals surface area contributed by atoms with Gasteiger partial charge in [0.1, 0.15) is 23.9 Å². The molecule has 4 N–H and O–H groups in total. The number of aliphatic hydroxyl groups excluding tert-OH is 1. The van der Waals surface area contributed by atoms with Crippen molar-refractivity contribution in [3.05, 3.63) is 118 Å². The highest BCUT2D eigenvalue weighted by molar-refractivity contribution is 6.00. The van der Waals surface area contributed by atoms with Crippen LogP contribution in [0.5, 0.6) is 0 Å². The molecule has 0 aromatic heterocycles. The van der Waals surface area contributed by atoms with Gasteiger partial charge in [-0.15, -0.1) is 0 Å². The van der Waals surface area contributed by atoms with Gasteiger partial charge in [-0.3, -0.25) is 14.4 Å². The number of Topliss-reactive ketones (excluding diaryl/α,β-unsaturated/α-hetero) is 1. The van der Waals surface area contributed by atoms with E-state index in [1.807, 2.05) is 0 Å².